The van der Waals surface area contributed by atoms with E-state index in [4.69, 9.17) is 4.74 Å². The van der Waals surface area contributed by atoms with Gasteiger partial charge in [0.15, 0.2) is 0 Å². The van der Waals surface area contributed by atoms with Crippen molar-refractivity contribution in [3.63, 3.8) is 0 Å². The van der Waals surface area contributed by atoms with Gasteiger partial charge in [-0.2, -0.15) is 5.10 Å². The minimum atomic E-state index is -0.228. The molecule has 0 radical (unpaired) electrons. The van der Waals surface area contributed by atoms with Gasteiger partial charge in [0.2, 0.25) is 5.91 Å². The van der Waals surface area contributed by atoms with E-state index in [1.807, 2.05) is 36.2 Å². The number of hydrogen-bond acceptors (Lipinski definition) is 4. The van der Waals surface area contributed by atoms with Crippen LogP contribution in [0.2, 0.25) is 0 Å². The summed E-state index contributed by atoms with van der Waals surface area (Å²) in [5.74, 6) is 1.00. The molecule has 0 N–H and O–H groups in total. The minimum absolute atomic E-state index is 0.148. The van der Waals surface area contributed by atoms with Gasteiger partial charge in [-0.25, -0.2) is 0 Å². The van der Waals surface area contributed by atoms with Gasteiger partial charge in [-0.05, 0) is 50.6 Å². The van der Waals surface area contributed by atoms with Crippen LogP contribution in [0.25, 0.3) is 0 Å². The second-order valence-electron chi connectivity index (χ2n) is 7.33. The van der Waals surface area contributed by atoms with Crippen LogP contribution in [-0.4, -0.2) is 52.9 Å². The predicted octanol–water partition coefficient (Wildman–Crippen LogP) is 2.97. The molecule has 1 aromatic heterocycles. The lowest BCUT2D eigenvalue weighted by molar-refractivity contribution is -0.136. The lowest BCUT2D eigenvalue weighted by Crippen LogP contribution is -2.61. The Balaban J connectivity index is 1.74. The molecule has 6 heteroatoms. The van der Waals surface area contributed by atoms with Gasteiger partial charge in [0, 0.05) is 37.7 Å². The van der Waals surface area contributed by atoms with Crippen molar-refractivity contribution >= 4 is 11.6 Å². The molecule has 2 aromatic rings. The second kappa shape index (κ2) is 7.40. The summed E-state index contributed by atoms with van der Waals surface area (Å²) in [5, 5.41) is 4.27. The lowest BCUT2D eigenvalue weighted by Gasteiger charge is -2.49. The topological polar surface area (TPSA) is 50.6 Å². The van der Waals surface area contributed by atoms with Crippen molar-refractivity contribution in [3.8, 4) is 5.75 Å². The highest BCUT2D eigenvalue weighted by molar-refractivity contribution is 5.80. The van der Waals surface area contributed by atoms with Crippen molar-refractivity contribution in [3.05, 3.63) is 42.7 Å². The second-order valence-corrected chi connectivity index (χ2v) is 7.33. The van der Waals surface area contributed by atoms with Crippen LogP contribution in [0.1, 0.15) is 33.2 Å². The summed E-state index contributed by atoms with van der Waals surface area (Å²) in [6.07, 6.45) is 4.33. The smallest absolute Gasteiger partial charge is 0.247 e. The molecular formula is C20H28N4O2. The predicted molar refractivity (Wildman–Crippen MR) is 103 cm³/mol. The fourth-order valence-electron chi connectivity index (χ4n) is 3.73. The average molecular weight is 356 g/mol. The number of carbonyl (C=O) groups excluding carboxylic acids is 1. The number of carbonyl (C=O) groups is 1. The van der Waals surface area contributed by atoms with Crippen LogP contribution in [-0.2, 0) is 4.79 Å². The molecule has 2 heterocycles. The van der Waals surface area contributed by atoms with E-state index in [-0.39, 0.29) is 17.5 Å². The number of amides is 1. The Morgan fingerprint density at radius 3 is 2.54 bits per heavy atom. The molecule has 0 aliphatic carbocycles. The number of piperazine rings is 1. The summed E-state index contributed by atoms with van der Waals surface area (Å²) in [5.41, 5.74) is 1.01. The molecule has 0 spiro atoms. The van der Waals surface area contributed by atoms with E-state index in [0.29, 0.717) is 13.1 Å². The van der Waals surface area contributed by atoms with Crippen molar-refractivity contribution in [2.45, 2.75) is 38.8 Å². The molecule has 1 aliphatic rings. The van der Waals surface area contributed by atoms with Crippen molar-refractivity contribution < 1.29 is 9.53 Å². The number of hydrogen-bond donors (Lipinski definition) is 0. The highest BCUT2D eigenvalue weighted by Crippen LogP contribution is 2.30. The van der Waals surface area contributed by atoms with Crippen molar-refractivity contribution in [2.75, 3.05) is 31.6 Å². The first-order chi connectivity index (χ1) is 12.5. The lowest BCUT2D eigenvalue weighted by atomic mass is 9.96. The van der Waals surface area contributed by atoms with E-state index in [2.05, 4.69) is 36.0 Å². The number of aromatic nitrogens is 2. The summed E-state index contributed by atoms with van der Waals surface area (Å²) in [6.45, 7) is 8.61. The zero-order valence-electron chi connectivity index (χ0n) is 16.1. The minimum Gasteiger partial charge on any atom is -0.497 e. The first-order valence-corrected chi connectivity index (χ1v) is 9.16. The van der Waals surface area contributed by atoms with Crippen LogP contribution in [0, 0.1) is 0 Å². The third kappa shape index (κ3) is 3.54. The van der Waals surface area contributed by atoms with E-state index < -0.39 is 0 Å². The molecular weight excluding hydrogens is 328 g/mol. The van der Waals surface area contributed by atoms with Crippen LogP contribution < -0.4 is 9.64 Å². The number of nitrogens with zero attached hydrogens (tertiary/aromatic N) is 4. The van der Waals surface area contributed by atoms with Gasteiger partial charge < -0.3 is 14.5 Å². The number of rotatable bonds is 5. The SMILES string of the molecule is CC[C@H](C(=O)N1CCN(c2ccc(OC)cc2)C(C)(C)C1)n1cccn1. The maximum absolute atomic E-state index is 13.1. The standard InChI is InChI=1S/C20H28N4O2/c1-5-18(24-12-6-11-21-24)19(25)22-13-14-23(20(2,3)15-22)16-7-9-17(26-4)10-8-16/h6-12,18H,5,13-15H2,1-4H3/t18-/m1/s1. The summed E-state index contributed by atoms with van der Waals surface area (Å²) in [4.78, 5) is 17.4. The van der Waals surface area contributed by atoms with Crippen LogP contribution >= 0.6 is 0 Å². The Hall–Kier alpha value is -2.50. The first kappa shape index (κ1) is 18.3. The van der Waals surface area contributed by atoms with Crippen LogP contribution in [0.4, 0.5) is 5.69 Å². The monoisotopic (exact) mass is 356 g/mol. The van der Waals surface area contributed by atoms with E-state index in [1.54, 1.807) is 18.0 Å². The Labute approximate surface area is 155 Å². The molecule has 0 bridgehead atoms. The Kier molecular flexibility index (Phi) is 5.20. The highest BCUT2D eigenvalue weighted by atomic mass is 16.5. The fraction of sp³-hybridized carbons (Fsp3) is 0.500. The molecule has 1 aromatic carbocycles. The van der Waals surface area contributed by atoms with Crippen LogP contribution in [0.5, 0.6) is 5.75 Å². The molecule has 1 saturated heterocycles. The van der Waals surface area contributed by atoms with Crippen molar-refractivity contribution in [1.82, 2.24) is 14.7 Å². The molecule has 1 aliphatic heterocycles. The molecule has 1 atom stereocenters. The van der Waals surface area contributed by atoms with Crippen LogP contribution in [0.3, 0.4) is 0 Å². The van der Waals surface area contributed by atoms with E-state index in [9.17, 15) is 4.79 Å². The first-order valence-electron chi connectivity index (χ1n) is 9.16. The Morgan fingerprint density at radius 2 is 2.00 bits per heavy atom. The largest absolute Gasteiger partial charge is 0.497 e. The molecule has 26 heavy (non-hydrogen) atoms. The molecule has 3 rings (SSSR count). The van der Waals surface area contributed by atoms with E-state index in [1.165, 1.54) is 0 Å². The molecule has 1 fully saturated rings. The summed E-state index contributed by atoms with van der Waals surface area (Å²) in [7, 11) is 1.67. The average Bonchev–Trinajstić information content (AvgIpc) is 3.16. The van der Waals surface area contributed by atoms with Crippen molar-refractivity contribution in [1.29, 1.82) is 0 Å². The zero-order chi connectivity index (χ0) is 18.7. The quantitative estimate of drug-likeness (QED) is 0.826. The highest BCUT2D eigenvalue weighted by Gasteiger charge is 2.37. The molecule has 0 unspecified atom stereocenters. The number of ether oxygens (including phenoxy) is 1. The van der Waals surface area contributed by atoms with Gasteiger partial charge >= 0.3 is 0 Å². The zero-order valence-corrected chi connectivity index (χ0v) is 16.1. The number of anilines is 1. The number of benzene rings is 1. The maximum atomic E-state index is 13.1. The summed E-state index contributed by atoms with van der Waals surface area (Å²) in [6, 6.07) is 9.75. The molecule has 6 nitrogen and oxygen atoms in total. The summed E-state index contributed by atoms with van der Waals surface area (Å²) >= 11 is 0. The van der Waals surface area contributed by atoms with E-state index in [0.717, 1.165) is 24.4 Å². The van der Waals surface area contributed by atoms with Gasteiger partial charge in [-0.3, -0.25) is 9.48 Å². The molecule has 1 amide bonds. The van der Waals surface area contributed by atoms with Gasteiger partial charge in [0.05, 0.1) is 12.6 Å². The molecule has 0 saturated carbocycles. The Bertz CT molecular complexity index is 725. The van der Waals surface area contributed by atoms with Gasteiger partial charge in [-0.1, -0.05) is 6.92 Å². The summed E-state index contributed by atoms with van der Waals surface area (Å²) < 4.78 is 7.02. The fourth-order valence-corrected chi connectivity index (χ4v) is 3.73. The van der Waals surface area contributed by atoms with Crippen LogP contribution in [0.15, 0.2) is 42.7 Å². The van der Waals surface area contributed by atoms with Gasteiger partial charge in [-0.15, -0.1) is 0 Å². The normalized spacial score (nSPS) is 17.8. The van der Waals surface area contributed by atoms with E-state index >= 15 is 0 Å². The Morgan fingerprint density at radius 1 is 1.27 bits per heavy atom. The van der Waals surface area contributed by atoms with Gasteiger partial charge in [0.1, 0.15) is 11.8 Å². The van der Waals surface area contributed by atoms with Gasteiger partial charge in [0.25, 0.3) is 0 Å². The maximum Gasteiger partial charge on any atom is 0.247 e. The third-order valence-electron chi connectivity index (χ3n) is 5.11. The third-order valence-corrected chi connectivity index (χ3v) is 5.11. The number of methoxy groups -OCH3 is 1. The van der Waals surface area contributed by atoms with Crippen molar-refractivity contribution in [2.24, 2.45) is 0 Å². The molecule has 140 valence electrons.